The quantitative estimate of drug-likeness (QED) is 0.125. The molecule has 0 aliphatic rings. The van der Waals surface area contributed by atoms with Crippen molar-refractivity contribution in [1.82, 2.24) is 16.2 Å². The van der Waals surface area contributed by atoms with Crippen LogP contribution in [-0.4, -0.2) is 29.4 Å². The molecule has 0 aromatic heterocycles. The molecule has 0 heterocycles. The Bertz CT molecular complexity index is 1640. The van der Waals surface area contributed by atoms with E-state index in [4.69, 9.17) is 17.0 Å². The van der Waals surface area contributed by atoms with Gasteiger partial charge in [0.2, 0.25) is 0 Å². The number of rotatable bonds is 8. The lowest BCUT2D eigenvalue weighted by Gasteiger charge is -2.19. The first-order valence-electron chi connectivity index (χ1n) is 13.9. The zero-order valence-electron chi connectivity index (χ0n) is 24.6. The number of anilines is 1. The summed E-state index contributed by atoms with van der Waals surface area (Å²) in [6.45, 7) is 6.83. The fraction of sp³-hybridized carbons (Fsp3) is 0.176. The van der Waals surface area contributed by atoms with Crippen molar-refractivity contribution in [3.05, 3.63) is 129 Å². The summed E-state index contributed by atoms with van der Waals surface area (Å²) in [5, 5.41) is 5.28. The largest absolute Gasteiger partial charge is 0.492 e. The van der Waals surface area contributed by atoms with Crippen molar-refractivity contribution in [1.29, 1.82) is 0 Å². The molecule has 4 aromatic carbocycles. The van der Waals surface area contributed by atoms with E-state index in [-0.39, 0.29) is 16.4 Å². The minimum absolute atomic E-state index is 0.00187. The Morgan fingerprint density at radius 1 is 0.750 bits per heavy atom. The molecular formula is C34H33BrN4O4S. The van der Waals surface area contributed by atoms with Crippen molar-refractivity contribution in [2.45, 2.75) is 32.6 Å². The van der Waals surface area contributed by atoms with Crippen molar-refractivity contribution in [3.63, 3.8) is 0 Å². The second-order valence-electron chi connectivity index (χ2n) is 11.0. The Balaban J connectivity index is 1.22. The predicted molar refractivity (Wildman–Crippen MR) is 180 cm³/mol. The van der Waals surface area contributed by atoms with E-state index in [9.17, 15) is 14.4 Å². The van der Waals surface area contributed by atoms with E-state index in [2.05, 4.69) is 58.2 Å². The molecule has 0 atom stereocenters. The third kappa shape index (κ3) is 9.23. The van der Waals surface area contributed by atoms with Crippen LogP contribution in [0.2, 0.25) is 0 Å². The van der Waals surface area contributed by atoms with Crippen molar-refractivity contribution in [2.24, 2.45) is 0 Å². The smallest absolute Gasteiger partial charge is 0.269 e. The summed E-state index contributed by atoms with van der Waals surface area (Å²) < 4.78 is 6.47. The summed E-state index contributed by atoms with van der Waals surface area (Å²) in [6.07, 6.45) is 0.759. The van der Waals surface area contributed by atoms with Crippen LogP contribution >= 0.6 is 28.1 Å². The number of carbonyl (C=O) groups excluding carboxylic acids is 3. The second kappa shape index (κ2) is 14.8. The van der Waals surface area contributed by atoms with Crippen LogP contribution in [0.3, 0.4) is 0 Å². The molecule has 0 bridgehead atoms. The third-order valence-corrected chi connectivity index (χ3v) is 7.44. The average Bonchev–Trinajstić information content (AvgIpc) is 3.01. The third-order valence-electron chi connectivity index (χ3n) is 6.62. The average molecular weight is 674 g/mol. The highest BCUT2D eigenvalue weighted by Crippen LogP contribution is 2.26. The van der Waals surface area contributed by atoms with Gasteiger partial charge < -0.3 is 10.1 Å². The topological polar surface area (TPSA) is 109 Å². The number of ether oxygens (including phenoxy) is 1. The summed E-state index contributed by atoms with van der Waals surface area (Å²) in [7, 11) is 0. The first-order valence-corrected chi connectivity index (χ1v) is 15.1. The normalized spacial score (nSPS) is 10.8. The van der Waals surface area contributed by atoms with Crippen LogP contribution in [0.15, 0.2) is 102 Å². The number of hydrogen-bond acceptors (Lipinski definition) is 5. The SMILES string of the molecule is CC(C)(C)c1ccc(C(=O)Nc2ccc(C(=O)NNC(=S)NC(=O)c3ccc(OCCc4ccccc4)c(Br)c3)cc2)cc1. The van der Waals surface area contributed by atoms with Crippen LogP contribution in [0.4, 0.5) is 5.69 Å². The Hall–Kier alpha value is -4.54. The van der Waals surface area contributed by atoms with Gasteiger partial charge in [0.25, 0.3) is 17.7 Å². The zero-order chi connectivity index (χ0) is 31.7. The number of nitrogens with one attached hydrogen (secondary N) is 4. The van der Waals surface area contributed by atoms with E-state index in [1.165, 1.54) is 5.56 Å². The fourth-order valence-corrected chi connectivity index (χ4v) is 4.74. The van der Waals surface area contributed by atoms with E-state index in [0.29, 0.717) is 39.2 Å². The van der Waals surface area contributed by atoms with Crippen molar-refractivity contribution in [2.75, 3.05) is 11.9 Å². The Morgan fingerprint density at radius 2 is 1.36 bits per heavy atom. The Labute approximate surface area is 270 Å². The van der Waals surface area contributed by atoms with Crippen molar-refractivity contribution in [3.8, 4) is 5.75 Å². The number of hydrogen-bond donors (Lipinski definition) is 4. The van der Waals surface area contributed by atoms with Crippen LogP contribution < -0.4 is 26.2 Å². The zero-order valence-corrected chi connectivity index (χ0v) is 27.0. The molecule has 0 aliphatic carbocycles. The van der Waals surface area contributed by atoms with Crippen molar-refractivity contribution < 1.29 is 19.1 Å². The van der Waals surface area contributed by atoms with Gasteiger partial charge in [-0.25, -0.2) is 0 Å². The maximum absolute atomic E-state index is 12.7. The summed E-state index contributed by atoms with van der Waals surface area (Å²) in [6, 6.07) is 28.8. The van der Waals surface area contributed by atoms with Gasteiger partial charge >= 0.3 is 0 Å². The van der Waals surface area contributed by atoms with Crippen molar-refractivity contribution >= 4 is 56.7 Å². The minimum Gasteiger partial charge on any atom is -0.492 e. The lowest BCUT2D eigenvalue weighted by Crippen LogP contribution is -2.48. The fourth-order valence-electron chi connectivity index (χ4n) is 4.10. The van der Waals surface area contributed by atoms with Gasteiger partial charge in [-0.15, -0.1) is 0 Å². The lowest BCUT2D eigenvalue weighted by atomic mass is 9.87. The van der Waals surface area contributed by atoms with Crippen LogP contribution in [-0.2, 0) is 11.8 Å². The molecule has 0 saturated carbocycles. The van der Waals surface area contributed by atoms with E-state index in [1.54, 1.807) is 54.6 Å². The van der Waals surface area contributed by atoms with Gasteiger partial charge in [-0.1, -0.05) is 63.2 Å². The Morgan fingerprint density at radius 3 is 2.00 bits per heavy atom. The molecule has 0 saturated heterocycles. The summed E-state index contributed by atoms with van der Waals surface area (Å²) >= 11 is 8.61. The molecule has 44 heavy (non-hydrogen) atoms. The van der Waals surface area contributed by atoms with Crippen LogP contribution in [0, 0.1) is 0 Å². The second-order valence-corrected chi connectivity index (χ2v) is 12.2. The monoisotopic (exact) mass is 672 g/mol. The molecule has 3 amide bonds. The number of hydrazine groups is 1. The molecule has 4 rings (SSSR count). The molecule has 226 valence electrons. The summed E-state index contributed by atoms with van der Waals surface area (Å²) in [5.41, 5.74) is 9.05. The van der Waals surface area contributed by atoms with E-state index in [0.717, 1.165) is 12.0 Å². The number of thiocarbonyl (C=S) groups is 1. The van der Waals surface area contributed by atoms with Crippen LogP contribution in [0.5, 0.6) is 5.75 Å². The van der Waals surface area contributed by atoms with Crippen LogP contribution in [0.25, 0.3) is 0 Å². The van der Waals surface area contributed by atoms with E-state index >= 15 is 0 Å². The maximum atomic E-state index is 12.7. The molecule has 4 N–H and O–H groups in total. The summed E-state index contributed by atoms with van der Waals surface area (Å²) in [5.74, 6) is -0.563. The predicted octanol–water partition coefficient (Wildman–Crippen LogP) is 6.57. The van der Waals surface area contributed by atoms with Crippen LogP contribution in [0.1, 0.15) is 63.0 Å². The number of amides is 3. The highest BCUT2D eigenvalue weighted by Gasteiger charge is 2.15. The molecule has 0 unspecified atom stereocenters. The van der Waals surface area contributed by atoms with Gasteiger partial charge in [-0.3, -0.25) is 30.6 Å². The van der Waals surface area contributed by atoms with Gasteiger partial charge in [0.1, 0.15) is 5.75 Å². The molecular weight excluding hydrogens is 640 g/mol. The highest BCUT2D eigenvalue weighted by molar-refractivity contribution is 9.10. The summed E-state index contributed by atoms with van der Waals surface area (Å²) in [4.78, 5) is 37.9. The highest BCUT2D eigenvalue weighted by atomic mass is 79.9. The maximum Gasteiger partial charge on any atom is 0.269 e. The van der Waals surface area contributed by atoms with E-state index < -0.39 is 11.8 Å². The number of benzene rings is 4. The first-order chi connectivity index (χ1) is 21.0. The van der Waals surface area contributed by atoms with Gasteiger partial charge in [-0.2, -0.15) is 0 Å². The Kier molecular flexibility index (Phi) is 10.9. The molecule has 4 aromatic rings. The first kappa shape index (κ1) is 32.4. The number of carbonyl (C=O) groups is 3. The van der Waals surface area contributed by atoms with Gasteiger partial charge in [0.05, 0.1) is 11.1 Å². The van der Waals surface area contributed by atoms with Gasteiger partial charge in [0.15, 0.2) is 5.11 Å². The molecule has 8 nitrogen and oxygen atoms in total. The minimum atomic E-state index is -0.475. The molecule has 0 aliphatic heterocycles. The standard InChI is InChI=1S/C34H33BrN4O4S/c1-34(2,3)26-14-9-23(10-15-26)30(40)36-27-16-11-24(12-17-27)32(42)38-39-33(44)37-31(41)25-13-18-29(28(35)21-25)43-20-19-22-7-5-4-6-8-22/h4-18,21H,19-20H2,1-3H3,(H,36,40)(H,38,42)(H2,37,39,41,44). The molecule has 0 spiro atoms. The molecule has 0 radical (unpaired) electrons. The van der Waals surface area contributed by atoms with E-state index in [1.807, 2.05) is 42.5 Å². The lowest BCUT2D eigenvalue weighted by molar-refractivity contribution is 0.0934. The van der Waals surface area contributed by atoms with Gasteiger partial charge in [-0.05, 0) is 99.3 Å². The van der Waals surface area contributed by atoms with Gasteiger partial charge in [0, 0.05) is 28.8 Å². The molecule has 0 fully saturated rings. The molecule has 10 heteroatoms. The number of halogens is 1.